The van der Waals surface area contributed by atoms with Crippen LogP contribution in [0.5, 0.6) is 0 Å². The van der Waals surface area contributed by atoms with Crippen molar-refractivity contribution in [2.75, 3.05) is 0 Å². The largest absolute Gasteiger partial charge is 0.444 e. The highest BCUT2D eigenvalue weighted by molar-refractivity contribution is 5.71. The summed E-state index contributed by atoms with van der Waals surface area (Å²) in [6.45, 7) is 5.69. The van der Waals surface area contributed by atoms with Gasteiger partial charge in [0.15, 0.2) is 6.29 Å². The van der Waals surface area contributed by atoms with Crippen molar-refractivity contribution in [3.8, 4) is 5.69 Å². The lowest BCUT2D eigenvalue weighted by Gasteiger charge is -2.20. The molecule has 0 bridgehead atoms. The third-order valence-electron chi connectivity index (χ3n) is 2.69. The molecule has 116 valence electrons. The van der Waals surface area contributed by atoms with Crippen LogP contribution in [-0.2, 0) is 11.3 Å². The molecular formula is C15H18N4O3. The van der Waals surface area contributed by atoms with Crippen molar-refractivity contribution in [2.24, 2.45) is 0 Å². The molecule has 0 spiro atoms. The number of hydrogen-bond donors (Lipinski definition) is 1. The van der Waals surface area contributed by atoms with E-state index in [1.54, 1.807) is 20.8 Å². The third-order valence-corrected chi connectivity index (χ3v) is 2.69. The maximum Gasteiger partial charge on any atom is 0.407 e. The molecule has 0 aliphatic carbocycles. The maximum absolute atomic E-state index is 11.7. The minimum atomic E-state index is -0.547. The number of nitrogens with one attached hydrogen (secondary N) is 1. The molecule has 1 aromatic carbocycles. The Kier molecular flexibility index (Phi) is 4.55. The summed E-state index contributed by atoms with van der Waals surface area (Å²) in [4.78, 5) is 22.4. The van der Waals surface area contributed by atoms with Crippen LogP contribution in [0.1, 0.15) is 36.8 Å². The molecule has 1 heterocycles. The second-order valence-electron chi connectivity index (χ2n) is 5.69. The minimum absolute atomic E-state index is 0.245. The highest BCUT2D eigenvalue weighted by Crippen LogP contribution is 2.14. The Bertz CT molecular complexity index is 673. The summed E-state index contributed by atoms with van der Waals surface area (Å²) < 4.78 is 6.69. The molecule has 0 fully saturated rings. The summed E-state index contributed by atoms with van der Waals surface area (Å²) >= 11 is 0. The first-order valence-electron chi connectivity index (χ1n) is 6.82. The van der Waals surface area contributed by atoms with E-state index in [2.05, 4.69) is 15.6 Å². The average Bonchev–Trinajstić information content (AvgIpc) is 2.92. The Morgan fingerprint density at radius 3 is 2.73 bits per heavy atom. The fourth-order valence-electron chi connectivity index (χ4n) is 1.81. The minimum Gasteiger partial charge on any atom is -0.444 e. The van der Waals surface area contributed by atoms with Gasteiger partial charge in [0, 0.05) is 6.54 Å². The van der Waals surface area contributed by atoms with Gasteiger partial charge in [0.05, 0.1) is 11.9 Å². The fourth-order valence-corrected chi connectivity index (χ4v) is 1.81. The Labute approximate surface area is 128 Å². The van der Waals surface area contributed by atoms with Crippen molar-refractivity contribution in [2.45, 2.75) is 32.9 Å². The highest BCUT2D eigenvalue weighted by atomic mass is 16.6. The quantitative estimate of drug-likeness (QED) is 0.874. The van der Waals surface area contributed by atoms with Gasteiger partial charge in [-0.3, -0.25) is 4.79 Å². The number of carbonyl (C=O) groups excluding carboxylic acids is 2. The van der Waals surface area contributed by atoms with Crippen molar-refractivity contribution < 1.29 is 14.3 Å². The molecule has 0 atom stereocenters. The van der Waals surface area contributed by atoms with E-state index in [-0.39, 0.29) is 12.2 Å². The molecule has 0 saturated heterocycles. The van der Waals surface area contributed by atoms with Crippen LogP contribution >= 0.6 is 0 Å². The first-order chi connectivity index (χ1) is 10.4. The Balaban J connectivity index is 2.12. The van der Waals surface area contributed by atoms with Crippen LogP contribution in [-0.4, -0.2) is 33.0 Å². The summed E-state index contributed by atoms with van der Waals surface area (Å²) in [5.74, 6) is 0. The average molecular weight is 302 g/mol. The predicted molar refractivity (Wildman–Crippen MR) is 79.8 cm³/mol. The third kappa shape index (κ3) is 4.15. The summed E-state index contributed by atoms with van der Waals surface area (Å²) in [6, 6.07) is 7.38. The molecule has 0 saturated carbocycles. The number of hydrogen-bond acceptors (Lipinski definition) is 5. The van der Waals surface area contributed by atoms with Gasteiger partial charge in [0.2, 0.25) is 0 Å². The summed E-state index contributed by atoms with van der Waals surface area (Å²) in [5.41, 5.74) is 1.26. The number of alkyl carbamates (subject to hydrolysis) is 1. The number of carbonyl (C=O) groups is 2. The molecule has 0 unspecified atom stereocenters. The Morgan fingerprint density at radius 1 is 1.36 bits per heavy atom. The van der Waals surface area contributed by atoms with E-state index in [1.165, 1.54) is 10.9 Å². The summed E-state index contributed by atoms with van der Waals surface area (Å²) in [5, 5.41) is 10.3. The molecule has 1 N–H and O–H groups in total. The van der Waals surface area contributed by atoms with E-state index in [1.807, 2.05) is 24.3 Å². The van der Waals surface area contributed by atoms with Crippen LogP contribution in [0.3, 0.4) is 0 Å². The normalized spacial score (nSPS) is 11.0. The van der Waals surface area contributed by atoms with E-state index in [0.717, 1.165) is 11.3 Å². The first kappa shape index (κ1) is 15.7. The standard InChI is InChI=1S/C15H18N4O3/c1-15(2,3)22-14(21)16-8-11-6-4-5-7-13(11)19-9-12(10-20)17-18-19/h4-7,9-10H,8H2,1-3H3,(H,16,21). The highest BCUT2D eigenvalue weighted by Gasteiger charge is 2.16. The molecule has 1 aromatic heterocycles. The van der Waals surface area contributed by atoms with Gasteiger partial charge in [0.25, 0.3) is 0 Å². The number of para-hydroxylation sites is 1. The van der Waals surface area contributed by atoms with Gasteiger partial charge in [-0.2, -0.15) is 0 Å². The van der Waals surface area contributed by atoms with Crippen molar-refractivity contribution in [1.29, 1.82) is 0 Å². The van der Waals surface area contributed by atoms with E-state index < -0.39 is 11.7 Å². The van der Waals surface area contributed by atoms with Crippen molar-refractivity contribution in [3.05, 3.63) is 41.7 Å². The first-order valence-corrected chi connectivity index (χ1v) is 6.82. The monoisotopic (exact) mass is 302 g/mol. The lowest BCUT2D eigenvalue weighted by Crippen LogP contribution is -2.32. The predicted octanol–water partition coefficient (Wildman–Crippen LogP) is 2.10. The molecule has 0 radical (unpaired) electrons. The lowest BCUT2D eigenvalue weighted by molar-refractivity contribution is 0.0523. The topological polar surface area (TPSA) is 86.1 Å². The van der Waals surface area contributed by atoms with Crippen LogP contribution in [0.15, 0.2) is 30.5 Å². The summed E-state index contributed by atoms with van der Waals surface area (Å²) in [6.07, 6.45) is 1.67. The molecule has 0 aliphatic heterocycles. The zero-order chi connectivity index (χ0) is 16.2. The maximum atomic E-state index is 11.7. The van der Waals surface area contributed by atoms with Gasteiger partial charge in [0.1, 0.15) is 11.3 Å². The number of nitrogens with zero attached hydrogens (tertiary/aromatic N) is 3. The number of aldehydes is 1. The zero-order valence-corrected chi connectivity index (χ0v) is 12.7. The van der Waals surface area contributed by atoms with E-state index in [9.17, 15) is 9.59 Å². The van der Waals surface area contributed by atoms with Crippen LogP contribution in [0.4, 0.5) is 4.79 Å². The molecule has 2 aromatic rings. The van der Waals surface area contributed by atoms with Crippen molar-refractivity contribution >= 4 is 12.4 Å². The van der Waals surface area contributed by atoms with E-state index in [0.29, 0.717) is 6.29 Å². The molecular weight excluding hydrogens is 284 g/mol. The lowest BCUT2D eigenvalue weighted by atomic mass is 10.2. The molecule has 7 nitrogen and oxygen atoms in total. The number of amides is 1. The van der Waals surface area contributed by atoms with Crippen LogP contribution in [0.2, 0.25) is 0 Å². The van der Waals surface area contributed by atoms with Crippen molar-refractivity contribution in [1.82, 2.24) is 20.3 Å². The smallest absolute Gasteiger partial charge is 0.407 e. The zero-order valence-electron chi connectivity index (χ0n) is 12.7. The van der Waals surface area contributed by atoms with E-state index in [4.69, 9.17) is 4.74 Å². The number of aromatic nitrogens is 3. The Hall–Kier alpha value is -2.70. The van der Waals surface area contributed by atoms with E-state index >= 15 is 0 Å². The van der Waals surface area contributed by atoms with Gasteiger partial charge >= 0.3 is 6.09 Å². The molecule has 0 aliphatic rings. The van der Waals surface area contributed by atoms with Crippen LogP contribution in [0, 0.1) is 0 Å². The van der Waals surface area contributed by atoms with Gasteiger partial charge < -0.3 is 10.1 Å². The second kappa shape index (κ2) is 6.38. The van der Waals surface area contributed by atoms with Crippen molar-refractivity contribution in [3.63, 3.8) is 0 Å². The van der Waals surface area contributed by atoms with Crippen LogP contribution in [0.25, 0.3) is 5.69 Å². The SMILES string of the molecule is CC(C)(C)OC(=O)NCc1ccccc1-n1cc(C=O)nn1. The molecule has 22 heavy (non-hydrogen) atoms. The van der Waals surface area contributed by atoms with Gasteiger partial charge in [-0.15, -0.1) is 5.10 Å². The van der Waals surface area contributed by atoms with Gasteiger partial charge in [-0.05, 0) is 32.4 Å². The fraction of sp³-hybridized carbons (Fsp3) is 0.333. The number of benzene rings is 1. The second-order valence-corrected chi connectivity index (χ2v) is 5.69. The molecule has 7 heteroatoms. The molecule has 1 amide bonds. The van der Waals surface area contributed by atoms with Crippen LogP contribution < -0.4 is 5.32 Å². The van der Waals surface area contributed by atoms with Gasteiger partial charge in [-0.1, -0.05) is 23.4 Å². The molecule has 2 rings (SSSR count). The van der Waals surface area contributed by atoms with Gasteiger partial charge in [-0.25, -0.2) is 9.48 Å². The number of rotatable bonds is 4. The summed E-state index contributed by atoms with van der Waals surface area (Å²) in [7, 11) is 0. The Morgan fingerprint density at radius 2 is 2.09 bits per heavy atom. The number of ether oxygens (including phenoxy) is 1.